The van der Waals surface area contributed by atoms with Gasteiger partial charge in [0.1, 0.15) is 51.3 Å². The number of halogens is 3. The number of ether oxygens (including phenoxy) is 6. The monoisotopic (exact) mass is 1840 g/mol. The predicted molar refractivity (Wildman–Crippen MR) is 459 cm³/mol. The number of furan rings is 3. The minimum Gasteiger partial charge on any atom is -0.494 e. The largest absolute Gasteiger partial charge is 0.494 e. The number of hydrogen-bond acceptors (Lipinski definition) is 29. The number of benzene rings is 3. The number of nitrogens with one attached hydrogen (secondary N) is 4. The summed E-state index contributed by atoms with van der Waals surface area (Å²) in [6, 6.07) is 20.9. The van der Waals surface area contributed by atoms with Gasteiger partial charge in [-0.1, -0.05) is 18.2 Å². The van der Waals surface area contributed by atoms with E-state index in [2.05, 4.69) is 48.1 Å². The number of likely N-dealkylation sites (N-methyl/N-ethyl adjacent to an activating group) is 1. The average Bonchev–Trinajstić information content (AvgIpc) is 1.58. The van der Waals surface area contributed by atoms with E-state index in [1.807, 2.05) is 6.07 Å². The number of carbonyl (C=O) groups excluding carboxylic acids is 14. The number of nitrogens with zero attached hydrogens (tertiary/aromatic N) is 13. The summed E-state index contributed by atoms with van der Waals surface area (Å²) in [4.78, 5) is 211. The number of anilines is 3. The zero-order chi connectivity index (χ0) is 95.4. The maximum absolute atomic E-state index is 15.2. The first kappa shape index (κ1) is 91.4. The van der Waals surface area contributed by atoms with Crippen LogP contribution in [0.5, 0.6) is 17.2 Å². The molecule has 14 amide bonds. The van der Waals surface area contributed by atoms with Gasteiger partial charge in [-0.2, -0.15) is 0 Å². The average molecular weight is 1840 g/mol. The summed E-state index contributed by atoms with van der Waals surface area (Å²) in [5, 5.41) is 10.7. The van der Waals surface area contributed by atoms with E-state index in [1.54, 1.807) is 122 Å². The second-order valence-electron chi connectivity index (χ2n) is 36.3. The molecule has 0 unspecified atom stereocenters. The number of aromatic nitrogens is 3. The van der Waals surface area contributed by atoms with E-state index in [1.165, 1.54) is 71.3 Å². The molecular formula is C90H94F3N17O23. The Morgan fingerprint density at radius 3 is 1.06 bits per heavy atom. The molecule has 18 rings (SSSR count). The molecule has 9 aliphatic heterocycles. The Balaban J connectivity index is 0.000000145. The summed E-state index contributed by atoms with van der Waals surface area (Å²) >= 11 is 0. The SMILES string of the molecule is COc1ccc2c(c1F)C(=O)N(C[C@@]1(c3cc4nc(N5CCC5=O)ccc4o3)NC(=O)N(COC(=O)C(C)(C)C)C1=O)C2.COc1ccc2c(c1F)C(=O)N(C[C@@]1(c3cc4nc(N5CCN(C)CC5)ccc4o3)NC(=O)N(COC(=O)C(C)(C)C)C1=O)C2.COc1ccc2c(c1F)C(=O)N(C[C@@]1(c3cc4nc(N5CCNC(=O)C5)ccc4o3)NC(=O)N(COC(=O)C(C)(C)C)C1=O)C2. The number of β-lactam (4-membered cyclic amide) rings is 1. The standard InChI is InChI=1S/C31H35FN6O7.C30H31FN6O8.C29H28FN5O8/c1-30(2,3)28(41)44-17-38-27(40)31(34-29(38)42,16-37-15-18-6-7-21(43-5)25(32)24(18)26(37)39)22-14-19-20(45-22)8-9-23(33-19)36-12-10-35(4)11-13-36;1-29(2,3)27(41)44-15-37-26(40)30(34-28(37)42,14-36-12-16-5-6-19(43-4)24(31)23(16)25(36)39)20-11-17-18(45-20)7-8-21(33-17)35-10-9-32-22(38)13-35;1-28(2,3)26(39)42-14-35-25(38)29(32-27(35)40,13-33-12-15-5-6-18(41-4)23(30)22(15)24(33)37)19-11-16-17(43-19)7-8-20(31-16)34-10-9-21(34)36/h6-9,14H,10-13,15-17H2,1-5H3,(H,34,42);5-8,11H,9-10,12-15H2,1-4H3,(H,32,38)(H,34,42);5-8,11H,9-10,12-14H2,1-4H3,(H,32,40)/t31-;30-;29-/m000/s1. The number of rotatable bonds is 21. The zero-order valence-corrected chi connectivity index (χ0v) is 74.7. The molecule has 4 N–H and O–H groups in total. The Morgan fingerprint density at radius 1 is 0.421 bits per heavy atom. The molecule has 698 valence electrons. The Kier molecular flexibility index (Phi) is 23.6. The Morgan fingerprint density at radius 2 is 0.752 bits per heavy atom. The van der Waals surface area contributed by atoms with E-state index in [0.29, 0.717) is 81.4 Å². The molecule has 0 spiro atoms. The highest BCUT2D eigenvalue weighted by Crippen LogP contribution is 2.44. The summed E-state index contributed by atoms with van der Waals surface area (Å²) in [6.07, 6.45) is 0.411. The van der Waals surface area contributed by atoms with Crippen LogP contribution in [0.1, 0.15) is 134 Å². The van der Waals surface area contributed by atoms with Crippen molar-refractivity contribution >= 4 is 134 Å². The summed E-state index contributed by atoms with van der Waals surface area (Å²) in [7, 11) is 5.93. The van der Waals surface area contributed by atoms with Crippen molar-refractivity contribution in [2.75, 3.05) is 135 Å². The van der Waals surface area contributed by atoms with Crippen LogP contribution in [0.25, 0.3) is 33.3 Å². The third kappa shape index (κ3) is 16.7. The van der Waals surface area contributed by atoms with Crippen LogP contribution in [0.3, 0.4) is 0 Å². The van der Waals surface area contributed by atoms with Gasteiger partial charge in [-0.15, -0.1) is 0 Å². The number of piperazine rings is 2. The van der Waals surface area contributed by atoms with Gasteiger partial charge in [0.25, 0.3) is 35.4 Å². The van der Waals surface area contributed by atoms with Crippen LogP contribution in [0, 0.1) is 33.7 Å². The van der Waals surface area contributed by atoms with E-state index < -0.39 is 155 Å². The smallest absolute Gasteiger partial charge is 0.328 e. The molecule has 6 fully saturated rings. The highest BCUT2D eigenvalue weighted by atomic mass is 19.1. The summed E-state index contributed by atoms with van der Waals surface area (Å²) < 4.78 is 94.6. The molecule has 6 saturated heterocycles. The van der Waals surface area contributed by atoms with Crippen LogP contribution < -0.4 is 50.2 Å². The van der Waals surface area contributed by atoms with Gasteiger partial charge in [0.05, 0.1) is 80.4 Å². The zero-order valence-electron chi connectivity index (χ0n) is 74.7. The maximum Gasteiger partial charge on any atom is 0.328 e. The number of imide groups is 3. The highest BCUT2D eigenvalue weighted by Gasteiger charge is 2.61. The van der Waals surface area contributed by atoms with Gasteiger partial charge in [-0.3, -0.25) is 57.6 Å². The molecule has 43 heteroatoms. The minimum absolute atomic E-state index is 0.0228. The number of amides is 14. The second kappa shape index (κ2) is 34.4. The summed E-state index contributed by atoms with van der Waals surface area (Å²) in [6.45, 7) is 16.3. The van der Waals surface area contributed by atoms with Gasteiger partial charge < -0.3 is 92.3 Å². The van der Waals surface area contributed by atoms with Crippen molar-refractivity contribution in [2.24, 2.45) is 16.2 Å². The Labute approximate surface area is 756 Å². The summed E-state index contributed by atoms with van der Waals surface area (Å²) in [5.74, 6) is -7.89. The lowest BCUT2D eigenvalue weighted by Gasteiger charge is -2.33. The molecule has 0 bridgehead atoms. The molecule has 9 aliphatic rings. The molecule has 15 heterocycles. The van der Waals surface area contributed by atoms with Crippen molar-refractivity contribution in [1.82, 2.24) is 70.5 Å². The van der Waals surface area contributed by atoms with Crippen LogP contribution in [-0.4, -0.2) is 253 Å². The van der Waals surface area contributed by atoms with Gasteiger partial charge >= 0.3 is 36.0 Å². The third-order valence-electron chi connectivity index (χ3n) is 24.1. The van der Waals surface area contributed by atoms with Gasteiger partial charge in [0.15, 0.2) is 88.3 Å². The lowest BCUT2D eigenvalue weighted by atomic mass is 9.95. The first-order valence-corrected chi connectivity index (χ1v) is 42.3. The summed E-state index contributed by atoms with van der Waals surface area (Å²) in [5.41, 5.74) is -5.94. The number of esters is 3. The number of urea groups is 3. The number of fused-ring (bicyclic) bond motifs is 6. The van der Waals surface area contributed by atoms with Crippen LogP contribution in [0.2, 0.25) is 0 Å². The normalized spacial score (nSPS) is 20.3. The third-order valence-corrected chi connectivity index (χ3v) is 24.1. The fourth-order valence-electron chi connectivity index (χ4n) is 16.5. The lowest BCUT2D eigenvalue weighted by molar-refractivity contribution is -0.160. The van der Waals surface area contributed by atoms with Crippen molar-refractivity contribution in [1.29, 1.82) is 0 Å². The number of carbonyl (C=O) groups is 14. The molecule has 40 nitrogen and oxygen atoms in total. The molecule has 0 saturated carbocycles. The Hall–Kier alpha value is -14.9. The van der Waals surface area contributed by atoms with Gasteiger partial charge in [0.2, 0.25) is 11.8 Å². The fraction of sp³-hybridized carbons (Fsp3) is 0.411. The minimum atomic E-state index is -1.98. The van der Waals surface area contributed by atoms with Crippen LogP contribution in [-0.2, 0) is 88.8 Å². The first-order chi connectivity index (χ1) is 63.0. The number of pyridine rings is 3. The second-order valence-corrected chi connectivity index (χ2v) is 36.3. The Bertz CT molecular complexity index is 6410. The van der Waals surface area contributed by atoms with Gasteiger partial charge in [-0.25, -0.2) is 57.2 Å². The van der Waals surface area contributed by atoms with Crippen molar-refractivity contribution in [3.05, 3.63) is 159 Å². The molecule has 3 aromatic carbocycles. The van der Waals surface area contributed by atoms with E-state index in [9.17, 15) is 67.1 Å². The first-order valence-electron chi connectivity index (χ1n) is 42.3. The van der Waals surface area contributed by atoms with Crippen molar-refractivity contribution in [2.45, 2.75) is 105 Å². The van der Waals surface area contributed by atoms with Crippen molar-refractivity contribution in [3.63, 3.8) is 0 Å². The van der Waals surface area contributed by atoms with E-state index >= 15 is 13.2 Å². The van der Waals surface area contributed by atoms with Gasteiger partial charge in [-0.05, 0) is 141 Å². The molecule has 9 aromatic rings. The molecule has 6 aromatic heterocycles. The van der Waals surface area contributed by atoms with E-state index in [-0.39, 0.29) is 107 Å². The topological polar surface area (TPSA) is 453 Å². The van der Waals surface area contributed by atoms with E-state index in [4.69, 9.17) is 46.7 Å². The molecule has 0 aliphatic carbocycles. The quantitative estimate of drug-likeness (QED) is 0.0239. The van der Waals surface area contributed by atoms with Crippen LogP contribution in [0.15, 0.2) is 104 Å². The van der Waals surface area contributed by atoms with Crippen LogP contribution in [0.4, 0.5) is 45.0 Å². The maximum atomic E-state index is 15.2. The molecule has 0 radical (unpaired) electrons. The van der Waals surface area contributed by atoms with Crippen molar-refractivity contribution < 1.29 is 122 Å². The molecule has 3 atom stereocenters. The lowest BCUT2D eigenvalue weighted by Crippen LogP contribution is -2.52. The predicted octanol–water partition coefficient (Wildman–Crippen LogP) is 7.20. The molecule has 133 heavy (non-hydrogen) atoms. The van der Waals surface area contributed by atoms with Gasteiger partial charge in [0, 0.05) is 90.1 Å². The molecular weight excluding hydrogens is 1740 g/mol. The number of methoxy groups -OCH3 is 3. The fourth-order valence-corrected chi connectivity index (χ4v) is 16.5. The van der Waals surface area contributed by atoms with Crippen LogP contribution >= 0.6 is 0 Å². The van der Waals surface area contributed by atoms with Crippen molar-refractivity contribution in [3.8, 4) is 17.2 Å². The highest BCUT2D eigenvalue weighted by molar-refractivity contribution is 6.12. The number of hydrogen-bond donors (Lipinski definition) is 4. The van der Waals surface area contributed by atoms with E-state index in [0.717, 1.165) is 41.8 Å².